The Balaban J connectivity index is 1.18. The monoisotopic (exact) mass is 464 g/mol. The number of carbonyl (C=O) groups is 2. The van der Waals surface area contributed by atoms with Crippen molar-refractivity contribution < 1.29 is 14.3 Å². The van der Waals surface area contributed by atoms with Gasteiger partial charge in [-0.3, -0.25) is 9.59 Å². The lowest BCUT2D eigenvalue weighted by Gasteiger charge is -2.32. The Bertz CT molecular complexity index is 1280. The summed E-state index contributed by atoms with van der Waals surface area (Å²) in [5.74, 6) is 0.831. The van der Waals surface area contributed by atoms with Crippen molar-refractivity contribution in [3.05, 3.63) is 65.0 Å². The summed E-state index contributed by atoms with van der Waals surface area (Å²) in [6.45, 7) is 1.31. The molecule has 0 aliphatic carbocycles. The van der Waals surface area contributed by atoms with Gasteiger partial charge < -0.3 is 15.0 Å². The molecule has 2 aromatic carbocycles. The van der Waals surface area contributed by atoms with Crippen LogP contribution in [0.3, 0.4) is 0 Å². The molecule has 32 heavy (non-hydrogen) atoms. The molecule has 0 atom stereocenters. The molecule has 3 heterocycles. The third-order valence-electron chi connectivity index (χ3n) is 5.99. The molecule has 164 valence electrons. The Hall–Kier alpha value is -2.90. The molecule has 0 radical (unpaired) electrons. The topological polar surface area (TPSA) is 58.6 Å². The average Bonchev–Trinajstić information content (AvgIpc) is 3.38. The Morgan fingerprint density at radius 1 is 1.03 bits per heavy atom. The van der Waals surface area contributed by atoms with Crippen molar-refractivity contribution in [2.75, 3.05) is 20.2 Å². The van der Waals surface area contributed by atoms with Crippen molar-refractivity contribution in [3.8, 4) is 5.75 Å². The number of thiophene rings is 2. The fraction of sp³-hybridized carbons (Fsp3) is 0.280. The van der Waals surface area contributed by atoms with Crippen LogP contribution in [0.15, 0.2) is 54.6 Å². The predicted molar refractivity (Wildman–Crippen MR) is 131 cm³/mol. The lowest BCUT2D eigenvalue weighted by Crippen LogP contribution is -2.46. The first kappa shape index (κ1) is 21.0. The molecule has 0 saturated carbocycles. The minimum Gasteiger partial charge on any atom is -0.496 e. The molecule has 1 aliphatic heterocycles. The van der Waals surface area contributed by atoms with Crippen LogP contribution in [0.1, 0.15) is 28.1 Å². The summed E-state index contributed by atoms with van der Waals surface area (Å²) >= 11 is 3.29. The molecular formula is C25H24N2O3S2. The van der Waals surface area contributed by atoms with Crippen molar-refractivity contribution in [1.82, 2.24) is 10.2 Å². The number of rotatable bonds is 5. The minimum atomic E-state index is -0.0127. The van der Waals surface area contributed by atoms with Gasteiger partial charge in [-0.1, -0.05) is 36.4 Å². The van der Waals surface area contributed by atoms with Gasteiger partial charge in [0, 0.05) is 39.5 Å². The van der Waals surface area contributed by atoms with Crippen LogP contribution in [0.2, 0.25) is 0 Å². The van der Waals surface area contributed by atoms with Crippen molar-refractivity contribution in [3.63, 3.8) is 0 Å². The van der Waals surface area contributed by atoms with E-state index in [0.717, 1.165) is 33.7 Å². The molecule has 1 fully saturated rings. The van der Waals surface area contributed by atoms with Gasteiger partial charge in [0.15, 0.2) is 0 Å². The fourth-order valence-corrected chi connectivity index (χ4v) is 6.69. The summed E-state index contributed by atoms with van der Waals surface area (Å²) in [4.78, 5) is 28.2. The number of carbonyl (C=O) groups excluding carboxylic acids is 2. The van der Waals surface area contributed by atoms with Crippen molar-refractivity contribution in [1.29, 1.82) is 0 Å². The highest BCUT2D eigenvalue weighted by Crippen LogP contribution is 2.39. The van der Waals surface area contributed by atoms with E-state index in [9.17, 15) is 9.59 Å². The predicted octanol–water partition coefficient (Wildman–Crippen LogP) is 5.09. The number of ether oxygens (including phenoxy) is 1. The molecule has 0 unspecified atom stereocenters. The van der Waals surface area contributed by atoms with Crippen LogP contribution < -0.4 is 10.1 Å². The van der Waals surface area contributed by atoms with Gasteiger partial charge in [-0.25, -0.2) is 0 Å². The van der Waals surface area contributed by atoms with Crippen LogP contribution in [0.5, 0.6) is 5.75 Å². The second-order valence-corrected chi connectivity index (χ2v) is 10.2. The molecule has 5 rings (SSSR count). The number of hydrogen-bond acceptors (Lipinski definition) is 5. The van der Waals surface area contributed by atoms with E-state index in [1.54, 1.807) is 29.8 Å². The molecule has 1 N–H and O–H groups in total. The van der Waals surface area contributed by atoms with Crippen LogP contribution >= 0.6 is 22.7 Å². The number of benzene rings is 2. The Morgan fingerprint density at radius 2 is 1.78 bits per heavy atom. The van der Waals surface area contributed by atoms with Crippen LogP contribution in [0.4, 0.5) is 0 Å². The van der Waals surface area contributed by atoms with E-state index in [1.165, 1.54) is 14.8 Å². The number of para-hydroxylation sites is 1. The standard InChI is InChI=1S/C25H24N2O3S2/c1-30-19-8-4-2-6-16(19)14-23(28)27-12-10-17(11-13-27)26-25(29)22-15-21-24(32-22)18-7-3-5-9-20(18)31-21/h2-9,15,17H,10-14H2,1H3,(H,26,29). The average molecular weight is 465 g/mol. The zero-order valence-corrected chi connectivity index (χ0v) is 19.4. The highest BCUT2D eigenvalue weighted by molar-refractivity contribution is 7.33. The molecule has 2 amide bonds. The van der Waals surface area contributed by atoms with Gasteiger partial charge in [0.05, 0.1) is 23.1 Å². The first-order valence-corrected chi connectivity index (χ1v) is 12.4. The number of fused-ring (bicyclic) bond motifs is 3. The quantitative estimate of drug-likeness (QED) is 0.448. The molecule has 5 nitrogen and oxygen atoms in total. The van der Waals surface area contributed by atoms with Crippen LogP contribution in [-0.2, 0) is 11.2 Å². The second-order valence-electron chi connectivity index (χ2n) is 8.02. The third kappa shape index (κ3) is 4.10. The van der Waals surface area contributed by atoms with Gasteiger partial charge >= 0.3 is 0 Å². The van der Waals surface area contributed by atoms with Crippen molar-refractivity contribution in [2.24, 2.45) is 0 Å². The smallest absolute Gasteiger partial charge is 0.261 e. The second kappa shape index (κ2) is 8.92. The first-order chi connectivity index (χ1) is 15.6. The first-order valence-electron chi connectivity index (χ1n) is 10.7. The molecule has 1 aliphatic rings. The molecule has 7 heteroatoms. The summed E-state index contributed by atoms with van der Waals surface area (Å²) in [6.07, 6.45) is 1.87. The van der Waals surface area contributed by atoms with E-state index in [2.05, 4.69) is 17.4 Å². The normalized spacial score (nSPS) is 14.7. The largest absolute Gasteiger partial charge is 0.496 e. The van der Waals surface area contributed by atoms with Gasteiger partial charge in [0.1, 0.15) is 5.75 Å². The minimum absolute atomic E-state index is 0.0127. The van der Waals surface area contributed by atoms with Crippen LogP contribution in [-0.4, -0.2) is 43.0 Å². The van der Waals surface area contributed by atoms with Crippen LogP contribution in [0, 0.1) is 0 Å². The molecular weight excluding hydrogens is 440 g/mol. The van der Waals surface area contributed by atoms with E-state index >= 15 is 0 Å². The summed E-state index contributed by atoms with van der Waals surface area (Å²) < 4.78 is 8.97. The van der Waals surface area contributed by atoms with Gasteiger partial charge in [0.2, 0.25) is 5.91 Å². The van der Waals surface area contributed by atoms with E-state index < -0.39 is 0 Å². The molecule has 0 spiro atoms. The molecule has 0 bridgehead atoms. The number of methoxy groups -OCH3 is 1. The van der Waals surface area contributed by atoms with Gasteiger partial charge in [0.25, 0.3) is 5.91 Å². The number of nitrogens with zero attached hydrogens (tertiary/aromatic N) is 1. The van der Waals surface area contributed by atoms with E-state index in [-0.39, 0.29) is 17.9 Å². The highest BCUT2D eigenvalue weighted by Gasteiger charge is 2.25. The summed E-state index contributed by atoms with van der Waals surface area (Å²) in [5.41, 5.74) is 0.903. The Labute approximate surface area is 194 Å². The maximum atomic E-state index is 12.9. The molecule has 2 aromatic heterocycles. The van der Waals surface area contributed by atoms with E-state index in [0.29, 0.717) is 19.5 Å². The van der Waals surface area contributed by atoms with Gasteiger partial charge in [-0.15, -0.1) is 22.7 Å². The molecule has 4 aromatic rings. The van der Waals surface area contributed by atoms with E-state index in [4.69, 9.17) is 4.74 Å². The maximum absolute atomic E-state index is 12.9. The zero-order chi connectivity index (χ0) is 22.1. The molecule has 1 saturated heterocycles. The summed E-state index contributed by atoms with van der Waals surface area (Å²) in [5, 5.41) is 4.40. The van der Waals surface area contributed by atoms with E-state index in [1.807, 2.05) is 47.4 Å². The number of likely N-dealkylation sites (tertiary alicyclic amines) is 1. The van der Waals surface area contributed by atoms with Crippen molar-refractivity contribution >= 4 is 54.0 Å². The number of hydrogen-bond donors (Lipinski definition) is 1. The fourth-order valence-electron chi connectivity index (χ4n) is 4.26. The number of piperidine rings is 1. The number of nitrogens with one attached hydrogen (secondary N) is 1. The highest BCUT2D eigenvalue weighted by atomic mass is 32.1. The van der Waals surface area contributed by atoms with Crippen LogP contribution in [0.25, 0.3) is 19.5 Å². The van der Waals surface area contributed by atoms with Gasteiger partial charge in [-0.2, -0.15) is 0 Å². The lowest BCUT2D eigenvalue weighted by atomic mass is 10.0. The number of amides is 2. The van der Waals surface area contributed by atoms with Gasteiger partial charge in [-0.05, 0) is 31.0 Å². The zero-order valence-electron chi connectivity index (χ0n) is 17.8. The Morgan fingerprint density at radius 3 is 2.59 bits per heavy atom. The summed E-state index contributed by atoms with van der Waals surface area (Å²) in [7, 11) is 1.62. The SMILES string of the molecule is COc1ccccc1CC(=O)N1CCC(NC(=O)c2cc3sc4ccccc4c3s2)CC1. The maximum Gasteiger partial charge on any atom is 0.261 e. The van der Waals surface area contributed by atoms with Crippen molar-refractivity contribution in [2.45, 2.75) is 25.3 Å². The lowest BCUT2D eigenvalue weighted by molar-refractivity contribution is -0.131. The third-order valence-corrected chi connectivity index (χ3v) is 8.40. The summed E-state index contributed by atoms with van der Waals surface area (Å²) in [6, 6.07) is 18.0. The Kier molecular flexibility index (Phi) is 5.85.